The van der Waals surface area contributed by atoms with Gasteiger partial charge in [-0.3, -0.25) is 4.79 Å². The second-order valence-corrected chi connectivity index (χ2v) is 5.13. The SMILES string of the molecule is Cn1c2c(c3ccccc31)CCC[C@@H]2CC(=O)O. The van der Waals surface area contributed by atoms with Gasteiger partial charge in [0.05, 0.1) is 6.42 Å². The molecular formula is C15H17NO2. The first-order chi connectivity index (χ1) is 8.68. The lowest BCUT2D eigenvalue weighted by molar-refractivity contribution is -0.137. The summed E-state index contributed by atoms with van der Waals surface area (Å²) in [4.78, 5) is 11.0. The maximum atomic E-state index is 11.0. The summed E-state index contributed by atoms with van der Waals surface area (Å²) in [5.74, 6) is -0.526. The van der Waals surface area contributed by atoms with E-state index < -0.39 is 5.97 Å². The highest BCUT2D eigenvalue weighted by molar-refractivity contribution is 5.86. The molecular weight excluding hydrogens is 226 g/mol. The first kappa shape index (κ1) is 11.3. The molecule has 0 bridgehead atoms. The van der Waals surface area contributed by atoms with Crippen LogP contribution in [0.4, 0.5) is 0 Å². The van der Waals surface area contributed by atoms with E-state index in [1.807, 2.05) is 6.07 Å². The molecule has 1 heterocycles. The van der Waals surface area contributed by atoms with E-state index in [0.29, 0.717) is 0 Å². The molecule has 0 spiro atoms. The molecule has 0 amide bonds. The van der Waals surface area contributed by atoms with Crippen molar-refractivity contribution in [2.24, 2.45) is 7.05 Å². The summed E-state index contributed by atoms with van der Waals surface area (Å²) in [5.41, 5.74) is 3.83. The zero-order valence-corrected chi connectivity index (χ0v) is 10.5. The molecule has 1 N–H and O–H groups in total. The van der Waals surface area contributed by atoms with Crippen molar-refractivity contribution < 1.29 is 9.90 Å². The van der Waals surface area contributed by atoms with Gasteiger partial charge in [0, 0.05) is 29.6 Å². The summed E-state index contributed by atoms with van der Waals surface area (Å²) in [6.07, 6.45) is 3.41. The van der Waals surface area contributed by atoms with Gasteiger partial charge in [0.2, 0.25) is 0 Å². The number of nitrogens with zero attached hydrogens (tertiary/aromatic N) is 1. The highest BCUT2D eigenvalue weighted by Gasteiger charge is 2.27. The third-order valence-corrected chi connectivity index (χ3v) is 4.05. The van der Waals surface area contributed by atoms with Crippen LogP contribution in [-0.2, 0) is 18.3 Å². The van der Waals surface area contributed by atoms with Crippen LogP contribution >= 0.6 is 0 Å². The minimum Gasteiger partial charge on any atom is -0.481 e. The Hall–Kier alpha value is -1.77. The van der Waals surface area contributed by atoms with Crippen LogP contribution in [-0.4, -0.2) is 15.6 Å². The molecule has 2 aromatic rings. The van der Waals surface area contributed by atoms with Gasteiger partial charge in [0.15, 0.2) is 0 Å². The Balaban J connectivity index is 2.19. The van der Waals surface area contributed by atoms with E-state index in [-0.39, 0.29) is 12.3 Å². The van der Waals surface area contributed by atoms with Gasteiger partial charge in [0.1, 0.15) is 0 Å². The number of aryl methyl sites for hydroxylation is 2. The lowest BCUT2D eigenvalue weighted by atomic mass is 9.85. The van der Waals surface area contributed by atoms with E-state index in [2.05, 4.69) is 29.8 Å². The van der Waals surface area contributed by atoms with E-state index in [9.17, 15) is 4.79 Å². The number of aliphatic carboxylic acids is 1. The number of fused-ring (bicyclic) bond motifs is 3. The van der Waals surface area contributed by atoms with Crippen LogP contribution in [0.5, 0.6) is 0 Å². The number of benzene rings is 1. The fraction of sp³-hybridized carbons (Fsp3) is 0.400. The van der Waals surface area contributed by atoms with Crippen molar-refractivity contribution in [3.63, 3.8) is 0 Å². The minimum absolute atomic E-state index is 0.170. The molecule has 1 aromatic heterocycles. The van der Waals surface area contributed by atoms with Crippen LogP contribution in [0, 0.1) is 0 Å². The first-order valence-corrected chi connectivity index (χ1v) is 6.46. The highest BCUT2D eigenvalue weighted by atomic mass is 16.4. The molecule has 0 aliphatic heterocycles. The number of para-hydroxylation sites is 1. The number of hydrogen-bond donors (Lipinski definition) is 1. The second kappa shape index (κ2) is 4.16. The van der Waals surface area contributed by atoms with Crippen molar-refractivity contribution in [1.82, 2.24) is 4.57 Å². The lowest BCUT2D eigenvalue weighted by Crippen LogP contribution is -2.15. The maximum Gasteiger partial charge on any atom is 0.304 e. The van der Waals surface area contributed by atoms with Crippen molar-refractivity contribution in [1.29, 1.82) is 0 Å². The molecule has 1 aromatic carbocycles. The van der Waals surface area contributed by atoms with Gasteiger partial charge in [-0.15, -0.1) is 0 Å². The zero-order chi connectivity index (χ0) is 12.7. The second-order valence-electron chi connectivity index (χ2n) is 5.13. The fourth-order valence-electron chi connectivity index (χ4n) is 3.35. The normalized spacial score (nSPS) is 18.8. The minimum atomic E-state index is -0.696. The van der Waals surface area contributed by atoms with E-state index in [4.69, 9.17) is 5.11 Å². The van der Waals surface area contributed by atoms with Crippen molar-refractivity contribution >= 4 is 16.9 Å². The molecule has 1 aliphatic carbocycles. The standard InChI is InChI=1S/C15H17NO2/c1-16-13-8-3-2-6-11(13)12-7-4-5-10(15(12)16)9-14(17)18/h2-3,6,8,10H,4-5,7,9H2,1H3,(H,17,18)/t10-/m1/s1. The van der Waals surface area contributed by atoms with Gasteiger partial charge in [-0.1, -0.05) is 18.2 Å². The van der Waals surface area contributed by atoms with E-state index >= 15 is 0 Å². The summed E-state index contributed by atoms with van der Waals surface area (Å²) in [6, 6.07) is 8.37. The molecule has 0 fully saturated rings. The van der Waals surface area contributed by atoms with Crippen molar-refractivity contribution in [3.05, 3.63) is 35.5 Å². The predicted octanol–water partition coefficient (Wildman–Crippen LogP) is 3.07. The summed E-state index contributed by atoms with van der Waals surface area (Å²) < 4.78 is 2.19. The molecule has 1 atom stereocenters. The molecule has 3 heteroatoms. The number of rotatable bonds is 2. The third-order valence-electron chi connectivity index (χ3n) is 4.05. The van der Waals surface area contributed by atoms with Crippen LogP contribution in [0.3, 0.4) is 0 Å². The van der Waals surface area contributed by atoms with Gasteiger partial charge in [0.25, 0.3) is 0 Å². The molecule has 3 nitrogen and oxygen atoms in total. The number of hydrogen-bond acceptors (Lipinski definition) is 1. The summed E-state index contributed by atoms with van der Waals surface area (Å²) in [6.45, 7) is 0. The van der Waals surface area contributed by atoms with Gasteiger partial charge < -0.3 is 9.67 Å². The van der Waals surface area contributed by atoms with E-state index in [0.717, 1.165) is 19.3 Å². The van der Waals surface area contributed by atoms with Crippen LogP contribution < -0.4 is 0 Å². The Morgan fingerprint density at radius 3 is 3.00 bits per heavy atom. The highest BCUT2D eigenvalue weighted by Crippen LogP contribution is 2.39. The van der Waals surface area contributed by atoms with Crippen LogP contribution in [0.2, 0.25) is 0 Å². The molecule has 0 saturated heterocycles. The Morgan fingerprint density at radius 2 is 2.22 bits per heavy atom. The topological polar surface area (TPSA) is 42.2 Å². The number of carbonyl (C=O) groups is 1. The Kier molecular flexibility index (Phi) is 2.62. The average Bonchev–Trinajstić information content (AvgIpc) is 2.65. The molecule has 0 saturated carbocycles. The molecule has 3 rings (SSSR count). The summed E-state index contributed by atoms with van der Waals surface area (Å²) in [5, 5.41) is 10.3. The van der Waals surface area contributed by atoms with Gasteiger partial charge >= 0.3 is 5.97 Å². The number of carboxylic acid groups (broad SMARTS) is 1. The number of carboxylic acids is 1. The lowest BCUT2D eigenvalue weighted by Gasteiger charge is -2.23. The van der Waals surface area contributed by atoms with E-state index in [1.165, 1.54) is 22.2 Å². The van der Waals surface area contributed by atoms with E-state index in [1.54, 1.807) is 0 Å². The van der Waals surface area contributed by atoms with Gasteiger partial charge in [-0.2, -0.15) is 0 Å². The fourth-order valence-corrected chi connectivity index (χ4v) is 3.35. The smallest absolute Gasteiger partial charge is 0.304 e. The monoisotopic (exact) mass is 243 g/mol. The Morgan fingerprint density at radius 1 is 1.44 bits per heavy atom. The average molecular weight is 243 g/mol. The Bertz CT molecular complexity index is 612. The maximum absolute atomic E-state index is 11.0. The van der Waals surface area contributed by atoms with Gasteiger partial charge in [-0.25, -0.2) is 0 Å². The molecule has 94 valence electrons. The van der Waals surface area contributed by atoms with Crippen molar-refractivity contribution in [2.75, 3.05) is 0 Å². The predicted molar refractivity (Wildman–Crippen MR) is 70.9 cm³/mol. The van der Waals surface area contributed by atoms with Crippen LogP contribution in [0.15, 0.2) is 24.3 Å². The first-order valence-electron chi connectivity index (χ1n) is 6.46. The van der Waals surface area contributed by atoms with Crippen molar-refractivity contribution in [3.8, 4) is 0 Å². The summed E-state index contributed by atoms with van der Waals surface area (Å²) >= 11 is 0. The Labute approximate surface area is 106 Å². The van der Waals surface area contributed by atoms with Crippen molar-refractivity contribution in [2.45, 2.75) is 31.6 Å². The van der Waals surface area contributed by atoms with Crippen LogP contribution in [0.25, 0.3) is 10.9 Å². The quantitative estimate of drug-likeness (QED) is 0.880. The molecule has 1 aliphatic rings. The largest absolute Gasteiger partial charge is 0.481 e. The zero-order valence-electron chi connectivity index (χ0n) is 10.5. The molecule has 18 heavy (non-hydrogen) atoms. The third kappa shape index (κ3) is 1.62. The number of aromatic nitrogens is 1. The molecule has 0 unspecified atom stereocenters. The van der Waals surface area contributed by atoms with Gasteiger partial charge in [-0.05, 0) is 30.9 Å². The summed E-state index contributed by atoms with van der Waals surface area (Å²) in [7, 11) is 2.06. The molecule has 0 radical (unpaired) electrons. The van der Waals surface area contributed by atoms with Crippen LogP contribution in [0.1, 0.15) is 36.4 Å².